The van der Waals surface area contributed by atoms with Crippen LogP contribution in [0.25, 0.3) is 0 Å². The summed E-state index contributed by atoms with van der Waals surface area (Å²) in [5.41, 5.74) is 6.13. The molecule has 15 heavy (non-hydrogen) atoms. The summed E-state index contributed by atoms with van der Waals surface area (Å²) in [6.45, 7) is 0.0624. The molecule has 1 aliphatic heterocycles. The van der Waals surface area contributed by atoms with Gasteiger partial charge >= 0.3 is 5.97 Å². The van der Waals surface area contributed by atoms with Crippen molar-refractivity contribution in [1.29, 1.82) is 0 Å². The first-order chi connectivity index (χ1) is 7.16. The van der Waals surface area contributed by atoms with Gasteiger partial charge in [-0.3, -0.25) is 0 Å². The van der Waals surface area contributed by atoms with Gasteiger partial charge in [0.2, 0.25) is 5.90 Å². The highest BCUT2D eigenvalue weighted by atomic mass is 16.5. The monoisotopic (exact) mass is 207 g/mol. The van der Waals surface area contributed by atoms with Crippen LogP contribution in [0.5, 0.6) is 0 Å². The molecule has 1 unspecified atom stereocenters. The Kier molecular flexibility index (Phi) is 2.24. The summed E-state index contributed by atoms with van der Waals surface area (Å²) in [7, 11) is 0. The van der Waals surface area contributed by atoms with E-state index >= 15 is 0 Å². The van der Waals surface area contributed by atoms with Gasteiger partial charge in [0.25, 0.3) is 0 Å². The minimum absolute atomic E-state index is 0.0624. The largest absolute Gasteiger partial charge is 0.480 e. The minimum atomic E-state index is -0.993. The number of anilines is 1. The Morgan fingerprint density at radius 3 is 3.07 bits per heavy atom. The van der Waals surface area contributed by atoms with Crippen molar-refractivity contribution >= 4 is 17.7 Å². The Morgan fingerprint density at radius 2 is 2.47 bits per heavy atom. The van der Waals surface area contributed by atoms with E-state index in [9.17, 15) is 4.79 Å². The van der Waals surface area contributed by atoms with Crippen molar-refractivity contribution in [1.82, 2.24) is 4.98 Å². The van der Waals surface area contributed by atoms with Crippen LogP contribution in [0.4, 0.5) is 5.82 Å². The molecule has 1 aromatic heterocycles. The van der Waals surface area contributed by atoms with Crippen LogP contribution < -0.4 is 5.73 Å². The number of hydrogen-bond acceptors (Lipinski definition) is 5. The van der Waals surface area contributed by atoms with E-state index in [4.69, 9.17) is 15.6 Å². The van der Waals surface area contributed by atoms with E-state index in [-0.39, 0.29) is 6.61 Å². The van der Waals surface area contributed by atoms with E-state index < -0.39 is 12.0 Å². The number of aromatic nitrogens is 1. The third kappa shape index (κ3) is 1.88. The van der Waals surface area contributed by atoms with Gasteiger partial charge in [-0.15, -0.1) is 0 Å². The fourth-order valence-electron chi connectivity index (χ4n) is 1.24. The lowest BCUT2D eigenvalue weighted by molar-refractivity contribution is -0.138. The first-order valence-electron chi connectivity index (χ1n) is 4.32. The van der Waals surface area contributed by atoms with Crippen molar-refractivity contribution in [3.63, 3.8) is 0 Å². The molecule has 6 heteroatoms. The highest BCUT2D eigenvalue weighted by molar-refractivity contribution is 5.97. The van der Waals surface area contributed by atoms with Gasteiger partial charge in [0.1, 0.15) is 12.4 Å². The second-order valence-corrected chi connectivity index (χ2v) is 3.07. The molecule has 6 nitrogen and oxygen atoms in total. The van der Waals surface area contributed by atoms with Crippen LogP contribution >= 0.6 is 0 Å². The van der Waals surface area contributed by atoms with Gasteiger partial charge in [0.05, 0.1) is 0 Å². The van der Waals surface area contributed by atoms with Crippen LogP contribution in [0.15, 0.2) is 23.3 Å². The smallest absolute Gasteiger partial charge is 0.332 e. The molecule has 0 bridgehead atoms. The lowest BCUT2D eigenvalue weighted by atomic mass is 10.2. The number of nitrogens with zero attached hydrogens (tertiary/aromatic N) is 2. The van der Waals surface area contributed by atoms with E-state index in [0.717, 1.165) is 0 Å². The molecule has 0 saturated heterocycles. The highest BCUT2D eigenvalue weighted by Gasteiger charge is 2.25. The molecule has 0 amide bonds. The van der Waals surface area contributed by atoms with E-state index in [1.807, 2.05) is 0 Å². The first kappa shape index (κ1) is 9.45. The fourth-order valence-corrected chi connectivity index (χ4v) is 1.24. The van der Waals surface area contributed by atoms with Gasteiger partial charge < -0.3 is 15.6 Å². The zero-order chi connectivity index (χ0) is 10.8. The van der Waals surface area contributed by atoms with Crippen LogP contribution in [0.3, 0.4) is 0 Å². The van der Waals surface area contributed by atoms with Crippen LogP contribution in [0.1, 0.15) is 5.56 Å². The molecule has 3 N–H and O–H groups in total. The van der Waals surface area contributed by atoms with Crippen molar-refractivity contribution in [2.24, 2.45) is 4.99 Å². The van der Waals surface area contributed by atoms with E-state index in [1.54, 1.807) is 12.1 Å². The van der Waals surface area contributed by atoms with E-state index in [1.165, 1.54) is 6.20 Å². The van der Waals surface area contributed by atoms with Gasteiger partial charge in [-0.1, -0.05) is 0 Å². The van der Waals surface area contributed by atoms with Crippen LogP contribution in [-0.4, -0.2) is 34.6 Å². The number of ether oxygens (including phenoxy) is 1. The normalized spacial score (nSPS) is 19.5. The number of aliphatic carboxylic acids is 1. The number of aliphatic imine (C=N–C) groups is 1. The molecule has 1 atom stereocenters. The second-order valence-electron chi connectivity index (χ2n) is 3.07. The lowest BCUT2D eigenvalue weighted by Crippen LogP contribution is -2.18. The molecule has 0 fully saturated rings. The first-order valence-corrected chi connectivity index (χ1v) is 4.32. The van der Waals surface area contributed by atoms with Gasteiger partial charge in [0.15, 0.2) is 6.04 Å². The number of carboxylic acids is 1. The Labute approximate surface area is 85.4 Å². The number of hydrogen-bond donors (Lipinski definition) is 2. The zero-order valence-corrected chi connectivity index (χ0v) is 7.75. The molecule has 0 radical (unpaired) electrons. The molecular weight excluding hydrogens is 198 g/mol. The summed E-state index contributed by atoms with van der Waals surface area (Å²) in [5.74, 6) is -0.346. The molecule has 2 heterocycles. The molecule has 78 valence electrons. The number of rotatable bonds is 2. The Balaban J connectivity index is 2.26. The van der Waals surface area contributed by atoms with Crippen LogP contribution in [0.2, 0.25) is 0 Å². The number of carboxylic acid groups (broad SMARTS) is 1. The molecular formula is C9H9N3O3. The van der Waals surface area contributed by atoms with Gasteiger partial charge in [-0.05, 0) is 12.1 Å². The van der Waals surface area contributed by atoms with Crippen molar-refractivity contribution in [2.45, 2.75) is 6.04 Å². The minimum Gasteiger partial charge on any atom is -0.480 e. The predicted octanol–water partition coefficient (Wildman–Crippen LogP) is -0.106. The predicted molar refractivity (Wildman–Crippen MR) is 52.6 cm³/mol. The van der Waals surface area contributed by atoms with Crippen molar-refractivity contribution < 1.29 is 14.6 Å². The van der Waals surface area contributed by atoms with E-state index in [0.29, 0.717) is 17.3 Å². The van der Waals surface area contributed by atoms with Crippen LogP contribution in [-0.2, 0) is 9.53 Å². The van der Waals surface area contributed by atoms with Gasteiger partial charge in [-0.2, -0.15) is 0 Å². The number of nitrogen functional groups attached to an aromatic ring is 1. The highest BCUT2D eigenvalue weighted by Crippen LogP contribution is 2.13. The molecule has 0 aliphatic carbocycles. The SMILES string of the molecule is Nc1cc(C2=NC(C(=O)O)CO2)ccn1. The van der Waals surface area contributed by atoms with Crippen LogP contribution in [0, 0.1) is 0 Å². The number of nitrogens with two attached hydrogens (primary N) is 1. The lowest BCUT2D eigenvalue weighted by Gasteiger charge is -2.00. The summed E-state index contributed by atoms with van der Waals surface area (Å²) < 4.78 is 5.15. The average Bonchev–Trinajstić information content (AvgIpc) is 2.66. The third-order valence-electron chi connectivity index (χ3n) is 1.96. The Bertz CT molecular complexity index is 430. The maximum Gasteiger partial charge on any atom is 0.332 e. The summed E-state index contributed by atoms with van der Waals surface area (Å²) in [5, 5.41) is 8.71. The molecule has 1 aliphatic rings. The van der Waals surface area contributed by atoms with Crippen molar-refractivity contribution in [3.8, 4) is 0 Å². The summed E-state index contributed by atoms with van der Waals surface area (Å²) in [6, 6.07) is 2.43. The third-order valence-corrected chi connectivity index (χ3v) is 1.96. The molecule has 0 spiro atoms. The zero-order valence-electron chi connectivity index (χ0n) is 7.75. The summed E-state index contributed by atoms with van der Waals surface area (Å²) in [6.07, 6.45) is 1.52. The number of carbonyl (C=O) groups is 1. The summed E-state index contributed by atoms with van der Waals surface area (Å²) in [4.78, 5) is 18.3. The second kappa shape index (κ2) is 3.56. The quantitative estimate of drug-likeness (QED) is 0.705. The Hall–Kier alpha value is -2.11. The number of pyridine rings is 1. The molecule has 0 aromatic carbocycles. The molecule has 0 saturated carbocycles. The Morgan fingerprint density at radius 1 is 1.67 bits per heavy atom. The maximum atomic E-state index is 10.6. The van der Waals surface area contributed by atoms with E-state index in [2.05, 4.69) is 9.98 Å². The maximum absolute atomic E-state index is 10.6. The van der Waals surface area contributed by atoms with Gasteiger partial charge in [-0.25, -0.2) is 14.8 Å². The fraction of sp³-hybridized carbons (Fsp3) is 0.222. The van der Waals surface area contributed by atoms with Gasteiger partial charge in [0, 0.05) is 11.8 Å². The average molecular weight is 207 g/mol. The summed E-state index contributed by atoms with van der Waals surface area (Å²) >= 11 is 0. The standard InChI is InChI=1S/C9H9N3O3/c10-7-3-5(1-2-11-7)8-12-6(4-15-8)9(13)14/h1-3,6H,4H2,(H2,10,11)(H,13,14). The van der Waals surface area contributed by atoms with Crippen molar-refractivity contribution in [3.05, 3.63) is 23.9 Å². The molecule has 1 aromatic rings. The molecule has 2 rings (SSSR count). The topological polar surface area (TPSA) is 97.8 Å². The van der Waals surface area contributed by atoms with Crippen molar-refractivity contribution in [2.75, 3.05) is 12.3 Å².